The van der Waals surface area contributed by atoms with Crippen molar-refractivity contribution in [2.24, 2.45) is 0 Å². The molecule has 0 radical (unpaired) electrons. The predicted molar refractivity (Wildman–Crippen MR) is 96.9 cm³/mol. The molecule has 1 aliphatic heterocycles. The summed E-state index contributed by atoms with van der Waals surface area (Å²) in [5.41, 5.74) is 1.59. The van der Waals surface area contributed by atoms with Crippen LogP contribution in [-0.4, -0.2) is 19.1 Å². The molecule has 6 heteroatoms. The Kier molecular flexibility index (Phi) is 5.03. The first-order valence-electron chi connectivity index (χ1n) is 6.95. The van der Waals surface area contributed by atoms with E-state index in [9.17, 15) is 4.79 Å². The summed E-state index contributed by atoms with van der Waals surface area (Å²) in [5.74, 6) is 1.09. The molecule has 0 atom stereocenters. The fourth-order valence-corrected chi connectivity index (χ4v) is 2.77. The third-order valence-electron chi connectivity index (χ3n) is 3.19. The van der Waals surface area contributed by atoms with E-state index < -0.39 is 0 Å². The molecule has 0 aromatic heterocycles. The summed E-state index contributed by atoms with van der Waals surface area (Å²) in [6.45, 7) is 1.03. The van der Waals surface area contributed by atoms with Crippen molar-refractivity contribution in [3.05, 3.63) is 57.0 Å². The van der Waals surface area contributed by atoms with Gasteiger partial charge in [-0.25, -0.2) is 0 Å². The molecule has 0 fully saturated rings. The van der Waals surface area contributed by atoms with Gasteiger partial charge in [-0.05, 0) is 39.7 Å². The smallest absolute Gasteiger partial charge is 0.248 e. The number of rotatable bonds is 3. The number of nitrogens with one attached hydrogen (secondary N) is 1. The summed E-state index contributed by atoms with van der Waals surface area (Å²) in [6, 6.07) is 11.2. The number of ether oxygens (including phenoxy) is 2. The lowest BCUT2D eigenvalue weighted by Gasteiger charge is -2.19. The summed E-state index contributed by atoms with van der Waals surface area (Å²) < 4.78 is 12.8. The first-order chi connectivity index (χ1) is 11.1. The van der Waals surface area contributed by atoms with E-state index in [0.29, 0.717) is 30.4 Å². The molecule has 0 spiro atoms. The highest BCUT2D eigenvalue weighted by Crippen LogP contribution is 2.38. The second-order valence-electron chi connectivity index (χ2n) is 4.85. The quantitative estimate of drug-likeness (QED) is 0.710. The van der Waals surface area contributed by atoms with Crippen molar-refractivity contribution in [3.63, 3.8) is 0 Å². The van der Waals surface area contributed by atoms with Gasteiger partial charge in [0.05, 0.1) is 5.69 Å². The van der Waals surface area contributed by atoms with Crippen LogP contribution in [0.15, 0.2) is 51.4 Å². The van der Waals surface area contributed by atoms with E-state index in [1.165, 1.54) is 6.08 Å². The van der Waals surface area contributed by atoms with Gasteiger partial charge in [-0.2, -0.15) is 0 Å². The van der Waals surface area contributed by atoms with Crippen molar-refractivity contribution in [2.75, 3.05) is 18.5 Å². The maximum absolute atomic E-state index is 12.1. The Morgan fingerprint density at radius 1 is 1.04 bits per heavy atom. The summed E-state index contributed by atoms with van der Waals surface area (Å²) in [7, 11) is 0. The first-order valence-corrected chi connectivity index (χ1v) is 8.54. The highest BCUT2D eigenvalue weighted by Gasteiger charge is 2.15. The van der Waals surface area contributed by atoms with Crippen LogP contribution in [0, 0.1) is 0 Å². The molecule has 4 nitrogen and oxygen atoms in total. The lowest BCUT2D eigenvalue weighted by Crippen LogP contribution is -2.16. The van der Waals surface area contributed by atoms with Gasteiger partial charge in [0.15, 0.2) is 11.5 Å². The van der Waals surface area contributed by atoms with Gasteiger partial charge in [0.25, 0.3) is 0 Å². The van der Waals surface area contributed by atoms with Gasteiger partial charge in [-0.3, -0.25) is 4.79 Å². The van der Waals surface area contributed by atoms with Gasteiger partial charge < -0.3 is 14.8 Å². The number of hydrogen-bond donors (Lipinski definition) is 1. The zero-order valence-electron chi connectivity index (χ0n) is 12.0. The van der Waals surface area contributed by atoms with E-state index in [0.717, 1.165) is 14.5 Å². The third-order valence-corrected chi connectivity index (χ3v) is 4.37. The van der Waals surface area contributed by atoms with Crippen LogP contribution in [0.4, 0.5) is 5.69 Å². The number of fused-ring (bicyclic) bond motifs is 1. The van der Waals surface area contributed by atoms with Crippen molar-refractivity contribution >= 4 is 49.5 Å². The molecule has 2 aromatic carbocycles. The minimum Gasteiger partial charge on any atom is -0.486 e. The van der Waals surface area contributed by atoms with Crippen molar-refractivity contribution < 1.29 is 14.3 Å². The Morgan fingerprint density at radius 2 is 1.70 bits per heavy atom. The van der Waals surface area contributed by atoms with Crippen LogP contribution >= 0.6 is 31.9 Å². The highest BCUT2D eigenvalue weighted by atomic mass is 79.9. The largest absolute Gasteiger partial charge is 0.486 e. The minimum atomic E-state index is -0.217. The van der Waals surface area contributed by atoms with Gasteiger partial charge in [-0.1, -0.05) is 28.1 Å². The van der Waals surface area contributed by atoms with Crippen LogP contribution in [0.2, 0.25) is 0 Å². The molecular weight excluding hydrogens is 426 g/mol. The van der Waals surface area contributed by atoms with Crippen molar-refractivity contribution in [1.29, 1.82) is 0 Å². The normalized spacial score (nSPS) is 13.1. The van der Waals surface area contributed by atoms with Gasteiger partial charge in [0, 0.05) is 27.2 Å². The van der Waals surface area contributed by atoms with Crippen molar-refractivity contribution in [2.45, 2.75) is 0 Å². The molecule has 0 aliphatic carbocycles. The fraction of sp³-hybridized carbons (Fsp3) is 0.118. The maximum Gasteiger partial charge on any atom is 0.248 e. The van der Waals surface area contributed by atoms with Crippen LogP contribution < -0.4 is 14.8 Å². The highest BCUT2D eigenvalue weighted by molar-refractivity contribution is 9.10. The Hall–Kier alpha value is -1.79. The number of amides is 1. The lowest BCUT2D eigenvalue weighted by atomic mass is 10.2. The molecule has 1 amide bonds. The molecule has 1 heterocycles. The van der Waals surface area contributed by atoms with Gasteiger partial charge in [0.1, 0.15) is 13.2 Å². The number of benzene rings is 2. The Labute approximate surface area is 150 Å². The second kappa shape index (κ2) is 7.19. The molecule has 0 saturated heterocycles. The molecule has 1 aliphatic rings. The van der Waals surface area contributed by atoms with E-state index in [-0.39, 0.29) is 5.91 Å². The van der Waals surface area contributed by atoms with E-state index in [2.05, 4.69) is 37.2 Å². The maximum atomic E-state index is 12.1. The standard InChI is InChI=1S/C17H13Br2NO3/c18-12-4-1-11(2-5-12)3-6-17(21)20-14-10-16-15(9-13(14)19)22-7-8-23-16/h1-6,9-10H,7-8H2,(H,20,21)/b6-3+. The monoisotopic (exact) mass is 437 g/mol. The molecule has 0 saturated carbocycles. The molecule has 3 rings (SSSR count). The Balaban J connectivity index is 1.71. The topological polar surface area (TPSA) is 47.6 Å². The van der Waals surface area contributed by atoms with E-state index in [4.69, 9.17) is 9.47 Å². The van der Waals surface area contributed by atoms with Gasteiger partial charge >= 0.3 is 0 Å². The average Bonchev–Trinajstić information content (AvgIpc) is 2.55. The number of carbonyl (C=O) groups is 1. The number of anilines is 1. The Morgan fingerprint density at radius 3 is 2.39 bits per heavy atom. The van der Waals surface area contributed by atoms with Crippen LogP contribution in [0.3, 0.4) is 0 Å². The SMILES string of the molecule is O=C(/C=C/c1ccc(Br)cc1)Nc1cc2c(cc1Br)OCCO2. The van der Waals surface area contributed by atoms with Crippen LogP contribution in [0.25, 0.3) is 6.08 Å². The number of carbonyl (C=O) groups excluding carboxylic acids is 1. The summed E-state index contributed by atoms with van der Waals surface area (Å²) in [5, 5.41) is 2.82. The van der Waals surface area contributed by atoms with E-state index in [1.807, 2.05) is 24.3 Å². The molecule has 0 bridgehead atoms. The lowest BCUT2D eigenvalue weighted by molar-refractivity contribution is -0.111. The second-order valence-corrected chi connectivity index (χ2v) is 6.62. The zero-order chi connectivity index (χ0) is 16.2. The van der Waals surface area contributed by atoms with Crippen LogP contribution in [0.5, 0.6) is 11.5 Å². The third kappa shape index (κ3) is 4.14. The first kappa shape index (κ1) is 16.1. The minimum absolute atomic E-state index is 0.217. The Bertz CT molecular complexity index is 757. The molecular formula is C17H13Br2NO3. The zero-order valence-corrected chi connectivity index (χ0v) is 15.2. The summed E-state index contributed by atoms with van der Waals surface area (Å²) >= 11 is 6.81. The summed E-state index contributed by atoms with van der Waals surface area (Å²) in [6.07, 6.45) is 3.25. The molecule has 118 valence electrons. The van der Waals surface area contributed by atoms with Crippen LogP contribution in [-0.2, 0) is 4.79 Å². The average molecular weight is 439 g/mol. The van der Waals surface area contributed by atoms with Crippen molar-refractivity contribution in [3.8, 4) is 11.5 Å². The molecule has 23 heavy (non-hydrogen) atoms. The summed E-state index contributed by atoms with van der Waals surface area (Å²) in [4.78, 5) is 12.1. The van der Waals surface area contributed by atoms with Gasteiger partial charge in [0.2, 0.25) is 5.91 Å². The fourth-order valence-electron chi connectivity index (χ4n) is 2.08. The van der Waals surface area contributed by atoms with E-state index >= 15 is 0 Å². The van der Waals surface area contributed by atoms with Gasteiger partial charge in [-0.15, -0.1) is 0 Å². The van der Waals surface area contributed by atoms with Crippen molar-refractivity contribution in [1.82, 2.24) is 0 Å². The van der Waals surface area contributed by atoms with Crippen LogP contribution in [0.1, 0.15) is 5.56 Å². The van der Waals surface area contributed by atoms with E-state index in [1.54, 1.807) is 18.2 Å². The predicted octanol–water partition coefficient (Wildman–Crippen LogP) is 4.63. The molecule has 0 unspecified atom stereocenters. The number of hydrogen-bond acceptors (Lipinski definition) is 3. The molecule has 1 N–H and O–H groups in total. The number of halogens is 2. The molecule has 2 aromatic rings.